The Labute approximate surface area is 171 Å². The number of rotatable bonds is 4. The highest BCUT2D eigenvalue weighted by Gasteiger charge is 2.22. The third kappa shape index (κ3) is 3.49. The van der Waals surface area contributed by atoms with Crippen molar-refractivity contribution >= 4 is 34.8 Å². The van der Waals surface area contributed by atoms with Crippen molar-refractivity contribution in [1.82, 2.24) is 20.2 Å². The van der Waals surface area contributed by atoms with Crippen molar-refractivity contribution in [3.05, 3.63) is 64.7 Å². The molecule has 146 valence electrons. The van der Waals surface area contributed by atoms with Crippen molar-refractivity contribution in [2.24, 2.45) is 0 Å². The molecule has 3 heterocycles. The fourth-order valence-corrected chi connectivity index (χ4v) is 3.10. The predicted octanol–water partition coefficient (Wildman–Crippen LogP) is 3.02. The monoisotopic (exact) mass is 409 g/mol. The van der Waals surface area contributed by atoms with Crippen LogP contribution in [0.4, 0.5) is 11.6 Å². The fraction of sp³-hybridized carbons (Fsp3) is 0.105. The summed E-state index contributed by atoms with van der Waals surface area (Å²) in [6.07, 6.45) is 4.64. The molecule has 0 aliphatic heterocycles. The van der Waals surface area contributed by atoms with Gasteiger partial charge in [-0.1, -0.05) is 18.2 Å². The smallest absolute Gasteiger partial charge is 0.343 e. The molecule has 0 saturated carbocycles. The number of nitrogen functional groups attached to an aromatic ring is 1. The first-order valence-electron chi connectivity index (χ1n) is 8.42. The molecule has 0 aliphatic carbocycles. The Balaban J connectivity index is 0.00000240. The average Bonchev–Trinajstić information content (AvgIpc) is 3.22. The lowest BCUT2D eigenvalue weighted by atomic mass is 9.98. The van der Waals surface area contributed by atoms with Crippen LogP contribution < -0.4 is 16.7 Å². The van der Waals surface area contributed by atoms with Crippen LogP contribution in [0.15, 0.2) is 52.2 Å². The third-order valence-corrected chi connectivity index (χ3v) is 4.39. The van der Waals surface area contributed by atoms with Crippen LogP contribution in [0.1, 0.15) is 24.3 Å². The summed E-state index contributed by atoms with van der Waals surface area (Å²) in [4.78, 5) is 20.5. The Bertz CT molecular complexity index is 1260. The van der Waals surface area contributed by atoms with Crippen molar-refractivity contribution < 1.29 is 4.42 Å². The number of halogens is 1. The van der Waals surface area contributed by atoms with Crippen molar-refractivity contribution in [1.29, 1.82) is 5.26 Å². The lowest BCUT2D eigenvalue weighted by Gasteiger charge is -2.18. The number of nitrogens with one attached hydrogen (secondary N) is 2. The molecule has 1 unspecified atom stereocenters. The van der Waals surface area contributed by atoms with E-state index < -0.39 is 11.7 Å². The third-order valence-electron chi connectivity index (χ3n) is 4.39. The van der Waals surface area contributed by atoms with Gasteiger partial charge in [-0.15, -0.1) is 12.4 Å². The number of anilines is 2. The summed E-state index contributed by atoms with van der Waals surface area (Å²) in [5.74, 6) is 0.727. The first-order valence-corrected chi connectivity index (χ1v) is 8.42. The quantitative estimate of drug-likeness (QED) is 0.466. The van der Waals surface area contributed by atoms with Gasteiger partial charge >= 0.3 is 5.63 Å². The number of aromatic nitrogens is 4. The summed E-state index contributed by atoms with van der Waals surface area (Å²) >= 11 is 0. The zero-order valence-electron chi connectivity index (χ0n) is 15.2. The summed E-state index contributed by atoms with van der Waals surface area (Å²) in [7, 11) is 0. The zero-order chi connectivity index (χ0) is 19.7. The van der Waals surface area contributed by atoms with Crippen molar-refractivity contribution in [2.75, 3.05) is 11.1 Å². The molecule has 0 radical (unpaired) electrons. The Morgan fingerprint density at radius 3 is 2.72 bits per heavy atom. The number of H-pyrrole nitrogens is 1. The first kappa shape index (κ1) is 19.9. The second-order valence-electron chi connectivity index (χ2n) is 6.12. The number of hydrogen-bond acceptors (Lipinski definition) is 8. The van der Waals surface area contributed by atoms with E-state index in [1.165, 1.54) is 6.33 Å². The van der Waals surface area contributed by atoms with Gasteiger partial charge in [-0.2, -0.15) is 10.4 Å². The van der Waals surface area contributed by atoms with E-state index in [4.69, 9.17) is 10.2 Å². The molecule has 29 heavy (non-hydrogen) atoms. The van der Waals surface area contributed by atoms with Gasteiger partial charge in [0.15, 0.2) is 0 Å². The zero-order valence-corrected chi connectivity index (χ0v) is 16.0. The molecule has 0 amide bonds. The standard InChI is InChI=1S/C19H15N7O2.ClH/c1-10(26-18-14(6-20)17(21)22-9-23-18)16-15(11-7-24-25-8-11)12-4-2-3-5-13(12)19(27)28-16;/h2-5,7-10H,1H3,(H,24,25)(H3,21,22,23,26);1H. The van der Waals surface area contributed by atoms with Gasteiger partial charge in [0.25, 0.3) is 0 Å². The van der Waals surface area contributed by atoms with Crippen molar-refractivity contribution in [2.45, 2.75) is 13.0 Å². The lowest BCUT2D eigenvalue weighted by molar-refractivity contribution is 0.452. The minimum atomic E-state index is -0.497. The Morgan fingerprint density at radius 2 is 2.03 bits per heavy atom. The molecule has 3 aromatic heterocycles. The molecule has 1 atom stereocenters. The first-order chi connectivity index (χ1) is 13.6. The van der Waals surface area contributed by atoms with Gasteiger partial charge in [0.05, 0.1) is 17.6 Å². The summed E-state index contributed by atoms with van der Waals surface area (Å²) < 4.78 is 5.67. The van der Waals surface area contributed by atoms with Crippen LogP contribution >= 0.6 is 12.4 Å². The van der Waals surface area contributed by atoms with Gasteiger partial charge in [0.1, 0.15) is 35.4 Å². The molecule has 0 aliphatic rings. The van der Waals surface area contributed by atoms with E-state index in [0.29, 0.717) is 11.1 Å². The van der Waals surface area contributed by atoms with E-state index in [2.05, 4.69) is 25.5 Å². The highest BCUT2D eigenvalue weighted by molar-refractivity contribution is 5.96. The molecule has 0 spiro atoms. The van der Waals surface area contributed by atoms with Crippen LogP contribution in [0.3, 0.4) is 0 Å². The van der Waals surface area contributed by atoms with Crippen LogP contribution in [0.25, 0.3) is 21.9 Å². The molecular formula is C19H16ClN7O2. The van der Waals surface area contributed by atoms with Gasteiger partial charge in [-0.25, -0.2) is 14.8 Å². The van der Waals surface area contributed by atoms with Crippen LogP contribution in [-0.2, 0) is 0 Å². The van der Waals surface area contributed by atoms with E-state index >= 15 is 0 Å². The predicted molar refractivity (Wildman–Crippen MR) is 111 cm³/mol. The van der Waals surface area contributed by atoms with E-state index in [0.717, 1.165) is 16.5 Å². The minimum absolute atomic E-state index is 0. The van der Waals surface area contributed by atoms with Gasteiger partial charge in [0, 0.05) is 22.7 Å². The Kier molecular flexibility index (Phi) is 5.47. The fourth-order valence-electron chi connectivity index (χ4n) is 3.10. The number of nitrogens with zero attached hydrogens (tertiary/aromatic N) is 4. The van der Waals surface area contributed by atoms with E-state index in [9.17, 15) is 10.1 Å². The minimum Gasteiger partial charge on any atom is -0.425 e. The molecule has 0 fully saturated rings. The molecule has 0 saturated heterocycles. The maximum absolute atomic E-state index is 12.5. The SMILES string of the molecule is CC(Nc1ncnc(N)c1C#N)c1oc(=O)c2ccccc2c1-c1cn[nH]c1.Cl. The Morgan fingerprint density at radius 1 is 1.28 bits per heavy atom. The molecule has 10 heteroatoms. The summed E-state index contributed by atoms with van der Waals surface area (Å²) in [6, 6.07) is 8.69. The largest absolute Gasteiger partial charge is 0.425 e. The van der Waals surface area contributed by atoms with Crippen LogP contribution in [-0.4, -0.2) is 20.2 Å². The highest BCUT2D eigenvalue weighted by atomic mass is 35.5. The molecule has 9 nitrogen and oxygen atoms in total. The summed E-state index contributed by atoms with van der Waals surface area (Å²) in [5, 5.41) is 20.4. The average molecular weight is 410 g/mol. The maximum atomic E-state index is 12.5. The molecular weight excluding hydrogens is 394 g/mol. The van der Waals surface area contributed by atoms with Crippen LogP contribution in [0.5, 0.6) is 0 Å². The molecule has 4 N–H and O–H groups in total. The number of benzene rings is 1. The van der Waals surface area contributed by atoms with Gasteiger partial charge in [0.2, 0.25) is 0 Å². The number of nitriles is 1. The number of hydrogen-bond donors (Lipinski definition) is 3. The van der Waals surface area contributed by atoms with Crippen molar-refractivity contribution in [3.63, 3.8) is 0 Å². The molecule has 4 aromatic rings. The van der Waals surface area contributed by atoms with E-state index in [1.54, 1.807) is 31.5 Å². The number of aromatic amines is 1. The Hall–Kier alpha value is -3.90. The molecule has 1 aromatic carbocycles. The number of nitrogens with two attached hydrogens (primary N) is 1. The van der Waals surface area contributed by atoms with E-state index in [1.807, 2.05) is 18.2 Å². The normalized spacial score (nSPS) is 11.4. The van der Waals surface area contributed by atoms with E-state index in [-0.39, 0.29) is 29.6 Å². The highest BCUT2D eigenvalue weighted by Crippen LogP contribution is 2.34. The topological polar surface area (TPSA) is 147 Å². The second kappa shape index (κ2) is 8.00. The van der Waals surface area contributed by atoms with Gasteiger partial charge in [-0.3, -0.25) is 5.10 Å². The maximum Gasteiger partial charge on any atom is 0.343 e. The summed E-state index contributed by atoms with van der Waals surface area (Å²) in [5.41, 5.74) is 6.93. The van der Waals surface area contributed by atoms with Crippen molar-refractivity contribution in [3.8, 4) is 17.2 Å². The van der Waals surface area contributed by atoms with Crippen LogP contribution in [0.2, 0.25) is 0 Å². The van der Waals surface area contributed by atoms with Crippen LogP contribution in [0, 0.1) is 11.3 Å². The second-order valence-corrected chi connectivity index (χ2v) is 6.12. The number of fused-ring (bicyclic) bond motifs is 1. The lowest BCUT2D eigenvalue weighted by Crippen LogP contribution is -2.15. The van der Waals surface area contributed by atoms with Gasteiger partial charge < -0.3 is 15.5 Å². The molecule has 4 rings (SSSR count). The molecule has 0 bridgehead atoms. The van der Waals surface area contributed by atoms with Gasteiger partial charge in [-0.05, 0) is 13.0 Å². The summed E-state index contributed by atoms with van der Waals surface area (Å²) in [6.45, 7) is 1.80.